The van der Waals surface area contributed by atoms with Crippen molar-refractivity contribution in [3.63, 3.8) is 0 Å². The number of nitrogens with one attached hydrogen (secondary N) is 3. The summed E-state index contributed by atoms with van der Waals surface area (Å²) in [5, 5.41) is 20.4. The average molecular weight is 1250 g/mol. The van der Waals surface area contributed by atoms with Crippen molar-refractivity contribution in [1.82, 2.24) is 40.4 Å². The van der Waals surface area contributed by atoms with Crippen LogP contribution in [0.4, 0.5) is 13.2 Å². The Hall–Kier alpha value is -7.36. The highest BCUT2D eigenvalue weighted by molar-refractivity contribution is 5.99. The van der Waals surface area contributed by atoms with E-state index in [1.807, 2.05) is 20.8 Å². The predicted molar refractivity (Wildman–Crippen MR) is 332 cm³/mol. The first-order valence-electron chi connectivity index (χ1n) is 31.1. The van der Waals surface area contributed by atoms with Gasteiger partial charge in [0.15, 0.2) is 12.1 Å². The molecular formula is C67H95F3N8O11. The van der Waals surface area contributed by atoms with E-state index in [2.05, 4.69) is 16.0 Å². The van der Waals surface area contributed by atoms with Crippen LogP contribution in [0.25, 0.3) is 11.1 Å². The number of esters is 1. The van der Waals surface area contributed by atoms with Crippen LogP contribution in [0.1, 0.15) is 132 Å². The van der Waals surface area contributed by atoms with Gasteiger partial charge in [0.25, 0.3) is 5.91 Å². The van der Waals surface area contributed by atoms with Crippen molar-refractivity contribution in [2.45, 2.75) is 194 Å². The Labute approximate surface area is 523 Å². The van der Waals surface area contributed by atoms with Crippen LogP contribution in [-0.4, -0.2) is 178 Å². The van der Waals surface area contributed by atoms with Crippen molar-refractivity contribution in [3.05, 3.63) is 95.6 Å². The molecule has 2 fully saturated rings. The molecule has 11 atom stereocenters. The number of ether oxygens (including phenoxy) is 1. The van der Waals surface area contributed by atoms with Crippen LogP contribution < -0.4 is 16.0 Å². The van der Waals surface area contributed by atoms with Crippen LogP contribution in [0.5, 0.6) is 0 Å². The summed E-state index contributed by atoms with van der Waals surface area (Å²) >= 11 is 0. The predicted octanol–water partition coefficient (Wildman–Crippen LogP) is 7.06. The van der Waals surface area contributed by atoms with Gasteiger partial charge < -0.3 is 50.3 Å². The molecule has 4 N–H and O–H groups in total. The molecule has 89 heavy (non-hydrogen) atoms. The molecule has 0 aromatic heterocycles. The van der Waals surface area contributed by atoms with Gasteiger partial charge in [0.2, 0.25) is 41.4 Å². The number of fused-ring (bicyclic) bond motifs is 1. The molecule has 0 aliphatic carbocycles. The fourth-order valence-corrected chi connectivity index (χ4v) is 12.1. The number of alkyl halides is 3. The molecule has 8 amide bonds. The molecular weight excluding hydrogens is 1150 g/mol. The number of rotatable bonds is 14. The Kier molecular flexibility index (Phi) is 25.1. The number of aliphatic hydroxyl groups is 1. The number of carbonyl (C=O) groups is 9. The molecule has 0 saturated carbocycles. The summed E-state index contributed by atoms with van der Waals surface area (Å²) in [7, 11) is 5.45. The van der Waals surface area contributed by atoms with Gasteiger partial charge >= 0.3 is 12.1 Å². The number of nitrogens with zero attached hydrogens (tertiary/aromatic N) is 5. The van der Waals surface area contributed by atoms with Gasteiger partial charge in [0.1, 0.15) is 42.3 Å². The van der Waals surface area contributed by atoms with E-state index < -0.39 is 149 Å². The van der Waals surface area contributed by atoms with E-state index in [1.165, 1.54) is 68.9 Å². The molecule has 490 valence electrons. The largest absolute Gasteiger partial charge is 0.450 e. The normalized spacial score (nSPS) is 25.0. The first kappa shape index (κ1) is 72.4. The highest BCUT2D eigenvalue weighted by atomic mass is 19.4. The Morgan fingerprint density at radius 3 is 1.65 bits per heavy atom. The Balaban J connectivity index is 1.74. The van der Waals surface area contributed by atoms with E-state index in [9.17, 15) is 37.5 Å². The maximum absolute atomic E-state index is 15.7. The molecule has 0 bridgehead atoms. The van der Waals surface area contributed by atoms with Gasteiger partial charge in [-0.15, -0.1) is 0 Å². The molecule has 2 heterocycles. The summed E-state index contributed by atoms with van der Waals surface area (Å²) in [5.74, 6) is -9.72. The van der Waals surface area contributed by atoms with Crippen LogP contribution in [0, 0.1) is 29.6 Å². The van der Waals surface area contributed by atoms with Crippen LogP contribution in [0.3, 0.4) is 0 Å². The highest BCUT2D eigenvalue weighted by Crippen LogP contribution is 2.34. The second-order valence-corrected chi connectivity index (χ2v) is 26.0. The number of carbonyl (C=O) groups excluding carboxylic acids is 9. The van der Waals surface area contributed by atoms with Crippen molar-refractivity contribution >= 4 is 53.2 Å². The van der Waals surface area contributed by atoms with Gasteiger partial charge in [0, 0.05) is 53.5 Å². The molecule has 0 spiro atoms. The average Bonchev–Trinajstić information content (AvgIpc) is 3.33. The van der Waals surface area contributed by atoms with E-state index in [0.717, 1.165) is 21.9 Å². The number of hydrogen-bond acceptors (Lipinski definition) is 11. The third-order valence-corrected chi connectivity index (χ3v) is 17.4. The first-order chi connectivity index (χ1) is 41.5. The Bertz CT molecular complexity index is 2990. The lowest BCUT2D eigenvalue weighted by molar-refractivity contribution is -0.177. The van der Waals surface area contributed by atoms with Crippen LogP contribution >= 0.6 is 0 Å². The molecule has 22 heteroatoms. The summed E-state index contributed by atoms with van der Waals surface area (Å²) < 4.78 is 48.1. The molecule has 19 nitrogen and oxygen atoms in total. The number of halogens is 3. The van der Waals surface area contributed by atoms with E-state index in [4.69, 9.17) is 4.74 Å². The summed E-state index contributed by atoms with van der Waals surface area (Å²) in [4.78, 5) is 142. The fourth-order valence-electron chi connectivity index (χ4n) is 12.1. The molecule has 2 saturated heterocycles. The van der Waals surface area contributed by atoms with Crippen molar-refractivity contribution in [2.24, 2.45) is 29.6 Å². The minimum Gasteiger partial charge on any atom is -0.450 e. The zero-order chi connectivity index (χ0) is 66.7. The lowest BCUT2D eigenvalue weighted by Gasteiger charge is -2.39. The maximum atomic E-state index is 15.7. The summed E-state index contributed by atoms with van der Waals surface area (Å²) in [6.45, 7) is 20.1. The van der Waals surface area contributed by atoms with Crippen molar-refractivity contribution in [2.75, 3.05) is 34.7 Å². The summed E-state index contributed by atoms with van der Waals surface area (Å²) in [6.07, 6.45) is -5.37. The number of amides is 8. The summed E-state index contributed by atoms with van der Waals surface area (Å²) in [5.41, 5.74) is -1.23. The number of likely N-dealkylation sites (N-methyl/N-ethyl adjacent to an activating group) is 4. The second kappa shape index (κ2) is 30.9. The van der Waals surface area contributed by atoms with E-state index in [0.29, 0.717) is 29.5 Å². The third-order valence-electron chi connectivity index (χ3n) is 17.4. The van der Waals surface area contributed by atoms with Gasteiger partial charge in [-0.05, 0) is 97.6 Å². The van der Waals surface area contributed by atoms with Gasteiger partial charge in [-0.1, -0.05) is 142 Å². The maximum Gasteiger partial charge on any atom is 0.416 e. The standard InChI is InChI=1S/C67H95F3N8O11/c1-17-41(9)52-63(85)75(14)53(39(5)6)58(80)71-48(33-38(3)4)61(83)77(16)56(66(11,12)88)65(87)89-55(42(10)18-2)64(86)76(15)54(40(7)8)59(81)72-49(35-43-25-20-19-21-26-43)60(82)74(13)51(62(84)78-32-24-31-50(78)57(79)73-52)36-44-27-22-28-45(34-44)46-29-23-30-47(37-46)67(68,69)70/h19-23,25-30,34,37-42,48-56,88H,17-18,24,31-33,35-36H2,1-16H3,(H,71,80)(H,72,81)(H,73,79)/t41-,42-,48-,49-,50-,51-,52-,53-,54-,55+,56+/m0/s1. The molecule has 2 aliphatic heterocycles. The summed E-state index contributed by atoms with van der Waals surface area (Å²) in [6, 6.07) is 9.12. The van der Waals surface area contributed by atoms with Gasteiger partial charge in [0.05, 0.1) is 11.2 Å². The van der Waals surface area contributed by atoms with Crippen molar-refractivity contribution in [3.8, 4) is 11.1 Å². The lowest BCUT2D eigenvalue weighted by atomic mass is 9.93. The molecule has 3 aromatic rings. The highest BCUT2D eigenvalue weighted by Gasteiger charge is 2.48. The quantitative estimate of drug-likeness (QED) is 0.119. The van der Waals surface area contributed by atoms with Gasteiger partial charge in [-0.3, -0.25) is 38.4 Å². The molecule has 5 rings (SSSR count). The molecule has 2 aliphatic rings. The van der Waals surface area contributed by atoms with E-state index in [-0.39, 0.29) is 50.1 Å². The Morgan fingerprint density at radius 2 is 1.11 bits per heavy atom. The van der Waals surface area contributed by atoms with Crippen LogP contribution in [-0.2, 0) is 66.9 Å². The third kappa shape index (κ3) is 18.0. The monoisotopic (exact) mass is 1240 g/mol. The number of cyclic esters (lactones) is 1. The minimum absolute atomic E-state index is 0.0469. The molecule has 0 radical (unpaired) electrons. The smallest absolute Gasteiger partial charge is 0.416 e. The van der Waals surface area contributed by atoms with E-state index in [1.54, 1.807) is 103 Å². The van der Waals surface area contributed by atoms with E-state index >= 15 is 24.0 Å². The van der Waals surface area contributed by atoms with Gasteiger partial charge in [-0.2, -0.15) is 13.2 Å². The number of benzene rings is 3. The molecule has 0 unspecified atom stereocenters. The van der Waals surface area contributed by atoms with Crippen molar-refractivity contribution in [1.29, 1.82) is 0 Å². The topological polar surface area (TPSA) is 235 Å². The van der Waals surface area contributed by atoms with Crippen molar-refractivity contribution < 1.29 is 66.2 Å². The van der Waals surface area contributed by atoms with Crippen LogP contribution in [0.2, 0.25) is 0 Å². The number of hydrogen-bond donors (Lipinski definition) is 4. The zero-order valence-corrected chi connectivity index (χ0v) is 54.6. The lowest BCUT2D eigenvalue weighted by Crippen LogP contribution is -2.63. The first-order valence-corrected chi connectivity index (χ1v) is 31.1. The molecule has 3 aromatic carbocycles. The Morgan fingerprint density at radius 1 is 0.584 bits per heavy atom. The van der Waals surface area contributed by atoms with Gasteiger partial charge in [-0.25, -0.2) is 4.79 Å². The zero-order valence-electron chi connectivity index (χ0n) is 54.6. The SMILES string of the molecule is CC[C@H](C)[C@@H]1NC(=O)[C@@H]2CCCN2C(=O)[C@H](Cc2cccc(-c3cccc(C(F)(F)F)c3)c2)N(C)C(=O)[C@H](Cc2ccccc2)NC(=O)[C@H](C(C)C)N(C)C(=O)[C@@H]([C@@H](C)CC)OC(=O)[C@H](C(C)(C)O)N(C)C(=O)[C@H](CC(C)C)NC(=O)[C@H](C(C)C)N(C)C1=O. The second-order valence-electron chi connectivity index (χ2n) is 26.0. The minimum atomic E-state index is -4.64. The fraction of sp³-hybridized carbons (Fsp3) is 0.597. The van der Waals surface area contributed by atoms with Crippen LogP contribution in [0.15, 0.2) is 78.9 Å².